The maximum absolute atomic E-state index is 11.5. The van der Waals surface area contributed by atoms with Gasteiger partial charge in [-0.25, -0.2) is 0 Å². The van der Waals surface area contributed by atoms with Crippen molar-refractivity contribution in [2.24, 2.45) is 0 Å². The molecule has 0 spiro atoms. The lowest BCUT2D eigenvalue weighted by molar-refractivity contribution is -0.136. The summed E-state index contributed by atoms with van der Waals surface area (Å²) in [7, 11) is 0. The molecule has 2 aliphatic rings. The van der Waals surface area contributed by atoms with Gasteiger partial charge in [-0.1, -0.05) is 11.6 Å². The Morgan fingerprint density at radius 3 is 2.79 bits per heavy atom. The van der Waals surface area contributed by atoms with Crippen molar-refractivity contribution in [2.45, 2.75) is 45.4 Å². The van der Waals surface area contributed by atoms with Crippen molar-refractivity contribution in [2.75, 3.05) is 19.6 Å². The molecule has 106 valence electrons. The van der Waals surface area contributed by atoms with Crippen LogP contribution in [0.15, 0.2) is 11.6 Å². The Morgan fingerprint density at radius 2 is 2.11 bits per heavy atom. The van der Waals surface area contributed by atoms with Crippen LogP contribution in [-0.4, -0.2) is 40.7 Å². The molecule has 1 heterocycles. The van der Waals surface area contributed by atoms with Crippen molar-refractivity contribution in [3.8, 4) is 0 Å². The highest BCUT2D eigenvalue weighted by atomic mass is 32.1. The highest BCUT2D eigenvalue weighted by Gasteiger charge is 2.25. The Bertz CT molecular complexity index is 381. The van der Waals surface area contributed by atoms with Crippen LogP contribution in [0.3, 0.4) is 0 Å². The number of amides is 1. The molecular formula is C14H23N3OS. The number of rotatable bonds is 3. The summed E-state index contributed by atoms with van der Waals surface area (Å²) in [6.45, 7) is 4.08. The predicted molar refractivity (Wildman–Crippen MR) is 80.5 cm³/mol. The van der Waals surface area contributed by atoms with Crippen LogP contribution in [-0.2, 0) is 4.79 Å². The molecule has 1 fully saturated rings. The maximum atomic E-state index is 11.5. The predicted octanol–water partition coefficient (Wildman–Crippen LogP) is 2.22. The Morgan fingerprint density at radius 1 is 1.32 bits per heavy atom. The molecule has 0 atom stereocenters. The van der Waals surface area contributed by atoms with E-state index in [1.165, 1.54) is 25.7 Å². The van der Waals surface area contributed by atoms with Gasteiger partial charge < -0.3 is 5.32 Å². The third-order valence-electron chi connectivity index (χ3n) is 3.74. The summed E-state index contributed by atoms with van der Waals surface area (Å²) >= 11 is 5.38. The Labute approximate surface area is 120 Å². The molecule has 0 aromatic carbocycles. The van der Waals surface area contributed by atoms with Crippen molar-refractivity contribution >= 4 is 23.2 Å². The van der Waals surface area contributed by atoms with Crippen LogP contribution in [0, 0.1) is 0 Å². The number of hydrazine groups is 1. The normalized spacial score (nSPS) is 19.3. The molecule has 5 heteroatoms. The van der Waals surface area contributed by atoms with Gasteiger partial charge in [-0.3, -0.25) is 14.8 Å². The standard InChI is InChI=1S/C14H23N3OS/c1-12(18)16-10-5-11-17(16)14(19)15-9-8-13-6-3-2-4-7-13/h6H,2-5,7-11H2,1H3,(H,15,19). The second-order valence-corrected chi connectivity index (χ2v) is 5.60. The van der Waals surface area contributed by atoms with Crippen molar-refractivity contribution in [1.29, 1.82) is 0 Å². The van der Waals surface area contributed by atoms with Gasteiger partial charge in [-0.2, -0.15) is 0 Å². The number of hydrogen-bond donors (Lipinski definition) is 1. The molecule has 0 saturated carbocycles. The number of carbonyl (C=O) groups is 1. The Hall–Kier alpha value is -1.10. The summed E-state index contributed by atoms with van der Waals surface area (Å²) in [6, 6.07) is 0. The van der Waals surface area contributed by atoms with Crippen molar-refractivity contribution in [3.63, 3.8) is 0 Å². The van der Waals surface area contributed by atoms with Gasteiger partial charge >= 0.3 is 0 Å². The highest BCUT2D eigenvalue weighted by molar-refractivity contribution is 7.80. The van der Waals surface area contributed by atoms with E-state index in [1.54, 1.807) is 17.5 Å². The molecule has 1 saturated heterocycles. The fourth-order valence-corrected chi connectivity index (χ4v) is 3.00. The first-order valence-electron chi connectivity index (χ1n) is 7.20. The van der Waals surface area contributed by atoms with Crippen LogP contribution >= 0.6 is 12.2 Å². The van der Waals surface area contributed by atoms with E-state index in [1.807, 2.05) is 5.01 Å². The number of carbonyl (C=O) groups excluding carboxylic acids is 1. The van der Waals surface area contributed by atoms with E-state index in [4.69, 9.17) is 12.2 Å². The van der Waals surface area contributed by atoms with Gasteiger partial charge in [0.05, 0.1) is 0 Å². The topological polar surface area (TPSA) is 35.6 Å². The monoisotopic (exact) mass is 281 g/mol. The number of nitrogens with zero attached hydrogens (tertiary/aromatic N) is 2. The minimum Gasteiger partial charge on any atom is -0.361 e. The minimum absolute atomic E-state index is 0.0663. The summed E-state index contributed by atoms with van der Waals surface area (Å²) in [5.41, 5.74) is 1.55. The molecule has 0 aromatic rings. The molecular weight excluding hydrogens is 258 g/mol. The molecule has 0 radical (unpaired) electrons. The van der Waals surface area contributed by atoms with Gasteiger partial charge in [0, 0.05) is 26.6 Å². The summed E-state index contributed by atoms with van der Waals surface area (Å²) in [5.74, 6) is 0.0663. The number of thiocarbonyl (C=S) groups is 1. The van der Waals surface area contributed by atoms with Crippen molar-refractivity contribution in [3.05, 3.63) is 11.6 Å². The molecule has 2 rings (SSSR count). The molecule has 1 aliphatic heterocycles. The molecule has 1 aliphatic carbocycles. The fourth-order valence-electron chi connectivity index (χ4n) is 2.70. The highest BCUT2D eigenvalue weighted by Crippen LogP contribution is 2.19. The third-order valence-corrected chi connectivity index (χ3v) is 4.09. The van der Waals surface area contributed by atoms with Crippen LogP contribution in [0.1, 0.15) is 45.4 Å². The lowest BCUT2D eigenvalue weighted by atomic mass is 9.97. The maximum Gasteiger partial charge on any atom is 0.238 e. The zero-order valence-corrected chi connectivity index (χ0v) is 12.5. The zero-order chi connectivity index (χ0) is 13.7. The van der Waals surface area contributed by atoms with Crippen molar-refractivity contribution < 1.29 is 4.79 Å². The molecule has 19 heavy (non-hydrogen) atoms. The lowest BCUT2D eigenvalue weighted by Crippen LogP contribution is -2.48. The fraction of sp³-hybridized carbons (Fsp3) is 0.714. The molecule has 4 nitrogen and oxygen atoms in total. The number of allylic oxidation sites excluding steroid dienone is 1. The zero-order valence-electron chi connectivity index (χ0n) is 11.7. The Balaban J connectivity index is 1.74. The van der Waals surface area contributed by atoms with Gasteiger partial charge in [0.2, 0.25) is 5.91 Å². The molecule has 0 unspecified atom stereocenters. The van der Waals surface area contributed by atoms with Gasteiger partial charge in [-0.05, 0) is 50.7 Å². The van der Waals surface area contributed by atoms with Gasteiger partial charge in [0.1, 0.15) is 0 Å². The van der Waals surface area contributed by atoms with E-state index in [0.717, 1.165) is 32.5 Å². The lowest BCUT2D eigenvalue weighted by Gasteiger charge is -2.29. The average Bonchev–Trinajstić information content (AvgIpc) is 2.89. The summed E-state index contributed by atoms with van der Waals surface area (Å²) < 4.78 is 0. The Kier molecular flexibility index (Phi) is 5.19. The molecule has 1 N–H and O–H groups in total. The van der Waals surface area contributed by atoms with Crippen LogP contribution in [0.5, 0.6) is 0 Å². The quantitative estimate of drug-likeness (QED) is 0.635. The second-order valence-electron chi connectivity index (χ2n) is 5.21. The SMILES string of the molecule is CC(=O)N1CCCN1C(=S)NCCC1=CCCCC1. The van der Waals surface area contributed by atoms with Gasteiger partial charge in [0.25, 0.3) is 0 Å². The average molecular weight is 281 g/mol. The molecule has 0 aromatic heterocycles. The number of hydrogen-bond acceptors (Lipinski definition) is 2. The van der Waals surface area contributed by atoms with Crippen LogP contribution in [0.4, 0.5) is 0 Å². The van der Waals surface area contributed by atoms with Crippen LogP contribution in [0.2, 0.25) is 0 Å². The van der Waals surface area contributed by atoms with E-state index in [-0.39, 0.29) is 5.91 Å². The van der Waals surface area contributed by atoms with Crippen LogP contribution < -0.4 is 5.32 Å². The first-order valence-corrected chi connectivity index (χ1v) is 7.60. The van der Waals surface area contributed by atoms with E-state index in [0.29, 0.717) is 5.11 Å². The first-order chi connectivity index (χ1) is 9.18. The van der Waals surface area contributed by atoms with E-state index in [2.05, 4.69) is 11.4 Å². The second kappa shape index (κ2) is 6.89. The van der Waals surface area contributed by atoms with Gasteiger partial charge in [0.15, 0.2) is 5.11 Å². The van der Waals surface area contributed by atoms with E-state index in [9.17, 15) is 4.79 Å². The first kappa shape index (κ1) is 14.3. The summed E-state index contributed by atoms with van der Waals surface area (Å²) in [6.07, 6.45) is 9.53. The third kappa shape index (κ3) is 3.93. The summed E-state index contributed by atoms with van der Waals surface area (Å²) in [5, 5.41) is 7.59. The smallest absolute Gasteiger partial charge is 0.238 e. The largest absolute Gasteiger partial charge is 0.361 e. The molecule has 0 bridgehead atoms. The van der Waals surface area contributed by atoms with Gasteiger partial charge in [-0.15, -0.1) is 0 Å². The van der Waals surface area contributed by atoms with Crippen LogP contribution in [0.25, 0.3) is 0 Å². The van der Waals surface area contributed by atoms with E-state index >= 15 is 0 Å². The summed E-state index contributed by atoms with van der Waals surface area (Å²) in [4.78, 5) is 11.5. The molecule has 1 amide bonds. The van der Waals surface area contributed by atoms with Crippen molar-refractivity contribution in [1.82, 2.24) is 15.3 Å². The number of nitrogens with one attached hydrogen (secondary N) is 1. The van der Waals surface area contributed by atoms with E-state index < -0.39 is 0 Å². The minimum atomic E-state index is 0.0663.